The number of benzene rings is 5. The van der Waals surface area contributed by atoms with Crippen molar-refractivity contribution in [2.75, 3.05) is 0 Å². The normalized spacial score (nSPS) is 11.5. The van der Waals surface area contributed by atoms with E-state index in [0.29, 0.717) is 0 Å². The Morgan fingerprint density at radius 3 is 2.00 bits per heavy atom. The average Bonchev–Trinajstić information content (AvgIpc) is 3.55. The molecule has 0 fully saturated rings. The lowest BCUT2D eigenvalue weighted by atomic mass is 10.0. The minimum Gasteiger partial charge on any atom is -0.327 e. The van der Waals surface area contributed by atoms with Gasteiger partial charge in [0, 0.05) is 40.8 Å². The van der Waals surface area contributed by atoms with Crippen LogP contribution in [0.1, 0.15) is 0 Å². The summed E-state index contributed by atoms with van der Waals surface area (Å²) in [6.45, 7) is 0. The van der Waals surface area contributed by atoms with Crippen LogP contribution in [0.15, 0.2) is 140 Å². The second kappa shape index (κ2) is 9.32. The summed E-state index contributed by atoms with van der Waals surface area (Å²) in [5, 5.41) is 2.44. The van der Waals surface area contributed by atoms with E-state index in [2.05, 4.69) is 136 Å². The number of aromatic nitrogens is 4. The zero-order valence-electron chi connectivity index (χ0n) is 22.6. The van der Waals surface area contributed by atoms with Crippen LogP contribution in [-0.2, 0) is 7.05 Å². The fourth-order valence-corrected chi connectivity index (χ4v) is 5.99. The van der Waals surface area contributed by atoms with E-state index in [4.69, 9.17) is 4.98 Å². The summed E-state index contributed by atoms with van der Waals surface area (Å²) >= 11 is 0. The van der Waals surface area contributed by atoms with Crippen molar-refractivity contribution in [3.05, 3.63) is 140 Å². The molecule has 0 aliphatic carbocycles. The predicted molar refractivity (Wildman–Crippen MR) is 169 cm³/mol. The molecule has 0 aliphatic heterocycles. The van der Waals surface area contributed by atoms with E-state index >= 15 is 0 Å². The van der Waals surface area contributed by atoms with E-state index in [1.807, 2.05) is 24.4 Å². The largest absolute Gasteiger partial charge is 0.327 e. The molecule has 3 heterocycles. The second-order valence-corrected chi connectivity index (χ2v) is 10.4. The fraction of sp³-hybridized carbons (Fsp3) is 0.0270. The molecule has 0 radical (unpaired) electrons. The first-order valence-electron chi connectivity index (χ1n) is 13.8. The number of hydrogen-bond donors (Lipinski definition) is 0. The first-order chi connectivity index (χ1) is 20.2. The molecule has 0 unspecified atom stereocenters. The summed E-state index contributed by atoms with van der Waals surface area (Å²) in [5.74, 6) is 0.956. The molecule has 0 saturated heterocycles. The van der Waals surface area contributed by atoms with Crippen LogP contribution in [0.3, 0.4) is 0 Å². The van der Waals surface area contributed by atoms with Gasteiger partial charge in [0.05, 0.1) is 27.8 Å². The van der Waals surface area contributed by atoms with Gasteiger partial charge in [0.25, 0.3) is 0 Å². The van der Waals surface area contributed by atoms with Gasteiger partial charge in [-0.1, -0.05) is 84.9 Å². The average molecular weight is 527 g/mol. The maximum absolute atomic E-state index is 5.00. The van der Waals surface area contributed by atoms with Gasteiger partial charge < -0.3 is 9.13 Å². The van der Waals surface area contributed by atoms with E-state index in [1.165, 1.54) is 27.4 Å². The number of imidazole rings is 1. The number of fused-ring (bicyclic) bond motifs is 4. The molecule has 41 heavy (non-hydrogen) atoms. The molecule has 0 N–H and O–H groups in total. The fourth-order valence-electron chi connectivity index (χ4n) is 5.99. The zero-order valence-corrected chi connectivity index (χ0v) is 22.6. The van der Waals surface area contributed by atoms with Crippen molar-refractivity contribution in [3.63, 3.8) is 0 Å². The molecule has 0 aliphatic rings. The van der Waals surface area contributed by atoms with Crippen molar-refractivity contribution in [3.8, 4) is 39.5 Å². The van der Waals surface area contributed by atoms with Gasteiger partial charge in [-0.25, -0.2) is 4.98 Å². The highest BCUT2D eigenvalue weighted by Gasteiger charge is 2.17. The SMILES string of the molecule is Cn1c(-c2ccc3c4ccc(-c5ccccc5)cc4n(-c4cccc(-c5ccccn5)c4)c3c2)nc2ccccc21. The van der Waals surface area contributed by atoms with Gasteiger partial charge in [0.2, 0.25) is 0 Å². The molecule has 0 saturated carbocycles. The molecule has 8 rings (SSSR count). The molecule has 0 spiro atoms. The lowest BCUT2D eigenvalue weighted by Crippen LogP contribution is -1.96. The summed E-state index contributed by atoms with van der Waals surface area (Å²) in [7, 11) is 2.09. The molecule has 4 nitrogen and oxygen atoms in total. The lowest BCUT2D eigenvalue weighted by Gasteiger charge is -2.11. The molecule has 0 bridgehead atoms. The number of hydrogen-bond acceptors (Lipinski definition) is 2. The molecular weight excluding hydrogens is 500 g/mol. The first-order valence-corrected chi connectivity index (χ1v) is 13.8. The number of nitrogens with zero attached hydrogens (tertiary/aromatic N) is 4. The van der Waals surface area contributed by atoms with Crippen molar-refractivity contribution in [1.82, 2.24) is 19.1 Å². The molecule has 5 aromatic carbocycles. The van der Waals surface area contributed by atoms with Crippen molar-refractivity contribution in [1.29, 1.82) is 0 Å². The number of para-hydroxylation sites is 2. The second-order valence-electron chi connectivity index (χ2n) is 10.4. The van der Waals surface area contributed by atoms with E-state index < -0.39 is 0 Å². The highest BCUT2D eigenvalue weighted by atomic mass is 15.1. The minimum absolute atomic E-state index is 0.956. The summed E-state index contributed by atoms with van der Waals surface area (Å²) in [5.41, 5.74) is 11.1. The molecule has 0 amide bonds. The van der Waals surface area contributed by atoms with Crippen LogP contribution in [0, 0.1) is 0 Å². The Kier molecular flexibility index (Phi) is 5.32. The van der Waals surface area contributed by atoms with Gasteiger partial charge >= 0.3 is 0 Å². The number of rotatable bonds is 4. The monoisotopic (exact) mass is 526 g/mol. The molecule has 3 aromatic heterocycles. The minimum atomic E-state index is 0.956. The highest BCUT2D eigenvalue weighted by Crippen LogP contribution is 2.37. The summed E-state index contributed by atoms with van der Waals surface area (Å²) < 4.78 is 4.56. The third kappa shape index (κ3) is 3.84. The van der Waals surface area contributed by atoms with Gasteiger partial charge in [0.15, 0.2) is 0 Å². The summed E-state index contributed by atoms with van der Waals surface area (Å²) in [6.07, 6.45) is 1.84. The van der Waals surface area contributed by atoms with Gasteiger partial charge in [0.1, 0.15) is 5.82 Å². The van der Waals surface area contributed by atoms with E-state index in [0.717, 1.165) is 44.9 Å². The van der Waals surface area contributed by atoms with Crippen molar-refractivity contribution in [2.45, 2.75) is 0 Å². The molecule has 4 heteroatoms. The van der Waals surface area contributed by atoms with E-state index in [9.17, 15) is 0 Å². The lowest BCUT2D eigenvalue weighted by molar-refractivity contribution is 0.959. The predicted octanol–water partition coefficient (Wildman–Crippen LogP) is 9.07. The Hall–Kier alpha value is -5.48. The van der Waals surface area contributed by atoms with Crippen LogP contribution in [0.2, 0.25) is 0 Å². The van der Waals surface area contributed by atoms with E-state index in [-0.39, 0.29) is 0 Å². The first kappa shape index (κ1) is 23.4. The third-order valence-corrected chi connectivity index (χ3v) is 7.98. The van der Waals surface area contributed by atoms with Crippen LogP contribution in [0.5, 0.6) is 0 Å². The summed E-state index contributed by atoms with van der Waals surface area (Å²) in [6, 6.07) is 47.1. The Morgan fingerprint density at radius 1 is 0.512 bits per heavy atom. The quantitative estimate of drug-likeness (QED) is 0.229. The van der Waals surface area contributed by atoms with Crippen molar-refractivity contribution < 1.29 is 0 Å². The number of pyridine rings is 1. The molecule has 0 atom stereocenters. The van der Waals surface area contributed by atoms with Crippen LogP contribution >= 0.6 is 0 Å². The highest BCUT2D eigenvalue weighted by molar-refractivity contribution is 6.11. The van der Waals surface area contributed by atoms with Crippen LogP contribution in [0.4, 0.5) is 0 Å². The van der Waals surface area contributed by atoms with Crippen molar-refractivity contribution >= 4 is 32.8 Å². The Balaban J connectivity index is 1.41. The van der Waals surface area contributed by atoms with Crippen LogP contribution in [0.25, 0.3) is 72.3 Å². The Labute approximate surface area is 237 Å². The zero-order chi connectivity index (χ0) is 27.3. The third-order valence-electron chi connectivity index (χ3n) is 7.98. The Morgan fingerprint density at radius 2 is 1.22 bits per heavy atom. The molecular formula is C37H26N4. The van der Waals surface area contributed by atoms with Crippen molar-refractivity contribution in [2.24, 2.45) is 7.05 Å². The summed E-state index contributed by atoms with van der Waals surface area (Å²) in [4.78, 5) is 9.61. The van der Waals surface area contributed by atoms with Gasteiger partial charge in [-0.2, -0.15) is 0 Å². The Bertz CT molecular complexity index is 2210. The van der Waals surface area contributed by atoms with E-state index in [1.54, 1.807) is 0 Å². The molecule has 8 aromatic rings. The van der Waals surface area contributed by atoms with Crippen LogP contribution < -0.4 is 0 Å². The smallest absolute Gasteiger partial charge is 0.140 e. The van der Waals surface area contributed by atoms with Gasteiger partial charge in [-0.3, -0.25) is 4.98 Å². The number of aryl methyl sites for hydroxylation is 1. The standard InChI is InChI=1S/C37H26N4/c1-40-34-16-6-5-15-33(34)39-37(40)28-18-20-31-30-19-17-26(25-10-3-2-4-11-25)23-35(30)41(36(31)24-28)29-13-9-12-27(22-29)32-14-7-8-21-38-32/h2-24H,1H3. The van der Waals surface area contributed by atoms with Gasteiger partial charge in [-0.15, -0.1) is 0 Å². The topological polar surface area (TPSA) is 35.6 Å². The van der Waals surface area contributed by atoms with Gasteiger partial charge in [-0.05, 0) is 59.7 Å². The molecule has 194 valence electrons. The maximum atomic E-state index is 5.00. The maximum Gasteiger partial charge on any atom is 0.140 e. The van der Waals surface area contributed by atoms with Crippen LogP contribution in [-0.4, -0.2) is 19.1 Å².